The first-order chi connectivity index (χ1) is 8.65. The molecule has 2 rings (SSSR count). The monoisotopic (exact) mass is 312 g/mol. The molecule has 1 saturated heterocycles. The zero-order valence-corrected chi connectivity index (χ0v) is 11.9. The Kier molecular flexibility index (Phi) is 4.60. The first-order valence-corrected chi connectivity index (χ1v) is 6.85. The fraction of sp³-hybridized carbons (Fsp3) is 0.462. The van der Waals surface area contributed by atoms with Crippen molar-refractivity contribution in [2.45, 2.75) is 13.0 Å². The van der Waals surface area contributed by atoms with Crippen LogP contribution in [0.1, 0.15) is 6.92 Å². The number of hydrogen-bond donors (Lipinski definition) is 2. The summed E-state index contributed by atoms with van der Waals surface area (Å²) in [7, 11) is 0. The molecule has 1 unspecified atom stereocenters. The largest absolute Gasteiger partial charge is 0.489 e. The second kappa shape index (κ2) is 6.20. The van der Waals surface area contributed by atoms with E-state index in [1.54, 1.807) is 0 Å². The van der Waals surface area contributed by atoms with Crippen LogP contribution in [0.5, 0.6) is 5.75 Å². The average Bonchev–Trinajstić information content (AvgIpc) is 2.24. The maximum absolute atomic E-state index is 11.6. The second-order valence-electron chi connectivity index (χ2n) is 4.49. The number of halogens is 1. The van der Waals surface area contributed by atoms with Gasteiger partial charge in [-0.2, -0.15) is 0 Å². The van der Waals surface area contributed by atoms with E-state index in [4.69, 9.17) is 4.74 Å². The summed E-state index contributed by atoms with van der Waals surface area (Å²) in [6.45, 7) is 4.04. The van der Waals surface area contributed by atoms with Gasteiger partial charge < -0.3 is 15.4 Å². The van der Waals surface area contributed by atoms with E-state index >= 15 is 0 Å². The van der Waals surface area contributed by atoms with Gasteiger partial charge in [-0.1, -0.05) is 22.0 Å². The van der Waals surface area contributed by atoms with Crippen molar-refractivity contribution in [3.63, 3.8) is 0 Å². The third kappa shape index (κ3) is 3.71. The van der Waals surface area contributed by atoms with Crippen LogP contribution >= 0.6 is 15.9 Å². The molecule has 0 bridgehead atoms. The first kappa shape index (κ1) is 13.4. The normalized spacial score (nSPS) is 16.8. The van der Waals surface area contributed by atoms with Crippen LogP contribution < -0.4 is 15.4 Å². The fourth-order valence-corrected chi connectivity index (χ4v) is 2.06. The predicted molar refractivity (Wildman–Crippen MR) is 73.6 cm³/mol. The second-order valence-corrected chi connectivity index (χ2v) is 5.40. The summed E-state index contributed by atoms with van der Waals surface area (Å²) in [4.78, 5) is 11.6. The topological polar surface area (TPSA) is 50.4 Å². The van der Waals surface area contributed by atoms with Crippen LogP contribution in [0.3, 0.4) is 0 Å². The molecule has 1 fully saturated rings. The Hall–Kier alpha value is -1.07. The summed E-state index contributed by atoms with van der Waals surface area (Å²) in [5.74, 6) is 1.04. The highest BCUT2D eigenvalue weighted by molar-refractivity contribution is 9.10. The molecule has 1 aliphatic rings. The molecule has 18 heavy (non-hydrogen) atoms. The lowest BCUT2D eigenvalue weighted by molar-refractivity contribution is -0.126. The molecule has 1 aromatic rings. The molecule has 0 radical (unpaired) electrons. The minimum absolute atomic E-state index is 0.0451. The molecule has 0 aromatic heterocycles. The van der Waals surface area contributed by atoms with Crippen molar-refractivity contribution in [1.82, 2.24) is 10.6 Å². The molecule has 1 aliphatic heterocycles. The predicted octanol–water partition coefficient (Wildman–Crippen LogP) is 1.55. The maximum atomic E-state index is 11.6. The number of rotatable bonds is 5. The lowest BCUT2D eigenvalue weighted by atomic mass is 10.0. The van der Waals surface area contributed by atoms with E-state index in [1.165, 1.54) is 0 Å². The highest BCUT2D eigenvalue weighted by Gasteiger charge is 2.24. The van der Waals surface area contributed by atoms with Gasteiger partial charge in [-0.15, -0.1) is 0 Å². The van der Waals surface area contributed by atoms with Gasteiger partial charge in [0.05, 0.1) is 12.5 Å². The van der Waals surface area contributed by atoms with Gasteiger partial charge in [-0.25, -0.2) is 0 Å². The molecule has 98 valence electrons. The molecule has 1 amide bonds. The number of hydrogen-bond acceptors (Lipinski definition) is 3. The molecular weight excluding hydrogens is 296 g/mol. The van der Waals surface area contributed by atoms with Crippen LogP contribution in [0.15, 0.2) is 28.7 Å². The highest BCUT2D eigenvalue weighted by Crippen LogP contribution is 2.18. The minimum atomic E-state index is -0.0451. The van der Waals surface area contributed by atoms with Crippen LogP contribution in [0.2, 0.25) is 0 Å². The van der Waals surface area contributed by atoms with Crippen molar-refractivity contribution in [3.05, 3.63) is 28.7 Å². The van der Waals surface area contributed by atoms with Crippen molar-refractivity contribution < 1.29 is 9.53 Å². The molecule has 0 saturated carbocycles. The van der Waals surface area contributed by atoms with Gasteiger partial charge >= 0.3 is 0 Å². The van der Waals surface area contributed by atoms with E-state index in [9.17, 15) is 4.79 Å². The molecule has 1 atom stereocenters. The van der Waals surface area contributed by atoms with Gasteiger partial charge in [0.15, 0.2) is 0 Å². The van der Waals surface area contributed by atoms with E-state index in [2.05, 4.69) is 26.6 Å². The Balaban J connectivity index is 1.74. The summed E-state index contributed by atoms with van der Waals surface area (Å²) < 4.78 is 6.70. The SMILES string of the molecule is CC(CNC(=O)C1CNC1)Oc1cccc(Br)c1. The molecule has 1 heterocycles. The van der Waals surface area contributed by atoms with Crippen molar-refractivity contribution in [2.24, 2.45) is 5.92 Å². The Morgan fingerprint density at radius 1 is 1.61 bits per heavy atom. The van der Waals surface area contributed by atoms with Gasteiger partial charge in [0.1, 0.15) is 11.9 Å². The molecule has 0 aliphatic carbocycles. The number of carbonyl (C=O) groups excluding carboxylic acids is 1. The number of carbonyl (C=O) groups is 1. The zero-order valence-electron chi connectivity index (χ0n) is 10.3. The third-order valence-electron chi connectivity index (χ3n) is 2.85. The van der Waals surface area contributed by atoms with Crippen molar-refractivity contribution in [1.29, 1.82) is 0 Å². The third-order valence-corrected chi connectivity index (χ3v) is 3.34. The van der Waals surface area contributed by atoms with Gasteiger partial charge in [0.25, 0.3) is 0 Å². The van der Waals surface area contributed by atoms with Crippen LogP contribution in [-0.4, -0.2) is 31.6 Å². The number of nitrogens with one attached hydrogen (secondary N) is 2. The van der Waals surface area contributed by atoms with E-state index in [-0.39, 0.29) is 17.9 Å². The van der Waals surface area contributed by atoms with Gasteiger partial charge in [0, 0.05) is 17.6 Å². The van der Waals surface area contributed by atoms with Crippen molar-refractivity contribution in [2.75, 3.05) is 19.6 Å². The summed E-state index contributed by atoms with van der Waals surface area (Å²) in [5, 5.41) is 5.98. The lowest BCUT2D eigenvalue weighted by Gasteiger charge is -2.26. The summed E-state index contributed by atoms with van der Waals surface area (Å²) in [6, 6.07) is 7.68. The quantitative estimate of drug-likeness (QED) is 0.867. The van der Waals surface area contributed by atoms with Crippen molar-refractivity contribution in [3.8, 4) is 5.75 Å². The summed E-state index contributed by atoms with van der Waals surface area (Å²) in [6.07, 6.45) is -0.0451. The molecule has 1 aromatic carbocycles. The van der Waals surface area contributed by atoms with Crippen LogP contribution in [0.4, 0.5) is 0 Å². The average molecular weight is 313 g/mol. The lowest BCUT2D eigenvalue weighted by Crippen LogP contribution is -2.51. The van der Waals surface area contributed by atoms with Gasteiger partial charge in [-0.3, -0.25) is 4.79 Å². The summed E-state index contributed by atoms with van der Waals surface area (Å²) in [5.41, 5.74) is 0. The van der Waals surface area contributed by atoms with Crippen LogP contribution in [0, 0.1) is 5.92 Å². The van der Waals surface area contributed by atoms with E-state index in [1.807, 2.05) is 31.2 Å². The zero-order chi connectivity index (χ0) is 13.0. The van der Waals surface area contributed by atoms with Gasteiger partial charge in [0.2, 0.25) is 5.91 Å². The molecule has 2 N–H and O–H groups in total. The van der Waals surface area contributed by atoms with Gasteiger partial charge in [-0.05, 0) is 25.1 Å². The fourth-order valence-electron chi connectivity index (χ4n) is 1.68. The van der Waals surface area contributed by atoms with E-state index < -0.39 is 0 Å². The maximum Gasteiger partial charge on any atom is 0.225 e. The number of ether oxygens (including phenoxy) is 1. The first-order valence-electron chi connectivity index (χ1n) is 6.06. The molecule has 4 nitrogen and oxygen atoms in total. The standard InChI is InChI=1S/C13H17BrN2O2/c1-9(6-16-13(17)10-7-15-8-10)18-12-4-2-3-11(14)5-12/h2-5,9-10,15H,6-8H2,1H3,(H,16,17). The Labute approximate surface area is 115 Å². The number of amides is 1. The van der Waals surface area contributed by atoms with E-state index in [0.29, 0.717) is 6.54 Å². The van der Waals surface area contributed by atoms with Crippen LogP contribution in [0.25, 0.3) is 0 Å². The highest BCUT2D eigenvalue weighted by atomic mass is 79.9. The Bertz CT molecular complexity index is 421. The molecule has 5 heteroatoms. The molecule has 0 spiro atoms. The van der Waals surface area contributed by atoms with Crippen LogP contribution in [-0.2, 0) is 4.79 Å². The Morgan fingerprint density at radius 3 is 3.00 bits per heavy atom. The smallest absolute Gasteiger partial charge is 0.225 e. The molecular formula is C13H17BrN2O2. The summed E-state index contributed by atoms with van der Waals surface area (Å²) >= 11 is 3.39. The minimum Gasteiger partial charge on any atom is -0.489 e. The Morgan fingerprint density at radius 2 is 2.39 bits per heavy atom. The number of benzene rings is 1. The van der Waals surface area contributed by atoms with E-state index in [0.717, 1.165) is 23.3 Å². The van der Waals surface area contributed by atoms with Crippen molar-refractivity contribution >= 4 is 21.8 Å².